The van der Waals surface area contributed by atoms with Gasteiger partial charge in [-0.25, -0.2) is 0 Å². The highest BCUT2D eigenvalue weighted by atomic mass is 35.5. The Morgan fingerprint density at radius 3 is 2.17 bits per heavy atom. The smallest absolute Gasteiger partial charge is 0.247 e. The van der Waals surface area contributed by atoms with E-state index in [1.165, 1.54) is 0 Å². The van der Waals surface area contributed by atoms with Crippen molar-refractivity contribution in [2.24, 2.45) is 16.5 Å². The lowest BCUT2D eigenvalue weighted by molar-refractivity contribution is -0.904. The zero-order valence-electron chi connectivity index (χ0n) is 15.9. The molecule has 1 atom stereocenters. The highest BCUT2D eigenvalue weighted by Crippen LogP contribution is 2.19. The van der Waals surface area contributed by atoms with Crippen LogP contribution in [0.1, 0.15) is 47.0 Å². The number of halogens is 2. The van der Waals surface area contributed by atoms with Gasteiger partial charge in [-0.2, -0.15) is 0 Å². The summed E-state index contributed by atoms with van der Waals surface area (Å²) in [6.45, 7) is 12.2. The summed E-state index contributed by atoms with van der Waals surface area (Å²) in [6.07, 6.45) is 2.43. The summed E-state index contributed by atoms with van der Waals surface area (Å²) < 4.78 is 0.948. The molecule has 0 saturated carbocycles. The second-order valence-corrected chi connectivity index (χ2v) is 6.50. The standard InChI is InChI=1S/C16H35N5O.2ClH/c1-6-21(5,7-2)13-12-19-15(22)16(4,20-14(3)18)10-8-9-11-17;;/h6-13,17H2,1-5H3,(H2-,18,19,20,22);2*1H/p+1. The number of aliphatic imine (C=N–C) groups is 1. The van der Waals surface area contributed by atoms with Crippen molar-refractivity contribution in [3.8, 4) is 0 Å². The molecular weight excluding hydrogens is 349 g/mol. The number of nitrogens with two attached hydrogens (primary N) is 2. The van der Waals surface area contributed by atoms with Gasteiger partial charge in [0.1, 0.15) is 5.54 Å². The molecule has 0 saturated heterocycles. The van der Waals surface area contributed by atoms with Crippen molar-refractivity contribution in [1.82, 2.24) is 5.32 Å². The van der Waals surface area contributed by atoms with E-state index in [0.717, 1.165) is 37.0 Å². The Morgan fingerprint density at radius 1 is 1.21 bits per heavy atom. The van der Waals surface area contributed by atoms with Crippen LogP contribution in [-0.2, 0) is 4.79 Å². The zero-order chi connectivity index (χ0) is 17.2. The third kappa shape index (κ3) is 10.3. The number of likely N-dealkylation sites (N-methyl/N-ethyl adjacent to an activating group) is 1. The lowest BCUT2D eigenvalue weighted by Crippen LogP contribution is -2.51. The minimum absolute atomic E-state index is 0. The van der Waals surface area contributed by atoms with Crippen LogP contribution in [0.4, 0.5) is 0 Å². The predicted molar refractivity (Wildman–Crippen MR) is 108 cm³/mol. The number of carbonyl (C=O) groups is 1. The normalized spacial score (nSPS) is 14.2. The number of unbranched alkanes of at least 4 members (excludes halogenated alkanes) is 1. The van der Waals surface area contributed by atoms with E-state index in [4.69, 9.17) is 11.5 Å². The monoisotopic (exact) mass is 386 g/mol. The Labute approximate surface area is 160 Å². The molecule has 0 fully saturated rings. The fraction of sp³-hybridized carbons (Fsp3) is 0.875. The van der Waals surface area contributed by atoms with E-state index in [9.17, 15) is 4.79 Å². The summed E-state index contributed by atoms with van der Waals surface area (Å²) in [7, 11) is 2.20. The highest BCUT2D eigenvalue weighted by Gasteiger charge is 2.32. The Morgan fingerprint density at radius 2 is 1.75 bits per heavy atom. The van der Waals surface area contributed by atoms with Crippen molar-refractivity contribution in [3.05, 3.63) is 0 Å². The molecular formula is C16H38Cl2N5O+. The molecule has 0 bridgehead atoms. The summed E-state index contributed by atoms with van der Waals surface area (Å²) >= 11 is 0. The summed E-state index contributed by atoms with van der Waals surface area (Å²) in [6, 6.07) is 0. The van der Waals surface area contributed by atoms with Crippen LogP contribution < -0.4 is 16.8 Å². The third-order valence-corrected chi connectivity index (χ3v) is 4.49. The highest BCUT2D eigenvalue weighted by molar-refractivity contribution is 5.89. The van der Waals surface area contributed by atoms with Crippen LogP contribution >= 0.6 is 24.8 Å². The first kappa shape index (κ1) is 28.3. The number of nitrogens with one attached hydrogen (secondary N) is 1. The summed E-state index contributed by atoms with van der Waals surface area (Å²) in [4.78, 5) is 16.9. The van der Waals surface area contributed by atoms with Gasteiger partial charge in [-0.15, -0.1) is 24.8 Å². The summed E-state index contributed by atoms with van der Waals surface area (Å²) in [5.74, 6) is 0.390. The van der Waals surface area contributed by atoms with Crippen LogP contribution in [0.5, 0.6) is 0 Å². The lowest BCUT2D eigenvalue weighted by Gasteiger charge is -2.33. The van der Waals surface area contributed by atoms with Crippen LogP contribution in [-0.4, -0.2) is 61.5 Å². The number of amides is 1. The maximum atomic E-state index is 12.5. The molecule has 0 aromatic rings. The average Bonchev–Trinajstić information content (AvgIpc) is 2.46. The van der Waals surface area contributed by atoms with Crippen LogP contribution in [0, 0.1) is 0 Å². The molecule has 0 heterocycles. The largest absolute Gasteiger partial charge is 0.388 e. The van der Waals surface area contributed by atoms with Crippen LogP contribution in [0.15, 0.2) is 4.99 Å². The first-order chi connectivity index (χ1) is 10.2. The van der Waals surface area contributed by atoms with Crippen molar-refractivity contribution in [3.63, 3.8) is 0 Å². The van der Waals surface area contributed by atoms with E-state index in [1.807, 2.05) is 6.92 Å². The predicted octanol–water partition coefficient (Wildman–Crippen LogP) is 1.70. The molecule has 0 spiro atoms. The maximum Gasteiger partial charge on any atom is 0.247 e. The molecule has 0 rings (SSSR count). The molecule has 1 unspecified atom stereocenters. The Hall–Kier alpha value is -0.560. The maximum absolute atomic E-state index is 12.5. The minimum Gasteiger partial charge on any atom is -0.388 e. The second kappa shape index (κ2) is 13.7. The van der Waals surface area contributed by atoms with Gasteiger partial charge in [0.15, 0.2) is 0 Å². The van der Waals surface area contributed by atoms with Gasteiger partial charge >= 0.3 is 0 Å². The van der Waals surface area contributed by atoms with E-state index >= 15 is 0 Å². The molecule has 24 heavy (non-hydrogen) atoms. The molecule has 8 heteroatoms. The van der Waals surface area contributed by atoms with E-state index in [1.54, 1.807) is 6.92 Å². The number of rotatable bonds is 11. The molecule has 0 aromatic carbocycles. The van der Waals surface area contributed by atoms with Gasteiger partial charge in [0.05, 0.1) is 39.1 Å². The Kier molecular flexibility index (Phi) is 16.1. The van der Waals surface area contributed by atoms with Crippen LogP contribution in [0.3, 0.4) is 0 Å². The third-order valence-electron chi connectivity index (χ3n) is 4.49. The van der Waals surface area contributed by atoms with Gasteiger partial charge in [-0.1, -0.05) is 0 Å². The minimum atomic E-state index is -0.796. The molecule has 0 aliphatic heterocycles. The quantitative estimate of drug-likeness (QED) is 0.218. The van der Waals surface area contributed by atoms with E-state index in [-0.39, 0.29) is 30.7 Å². The molecule has 6 nitrogen and oxygen atoms in total. The number of hydrogen-bond donors (Lipinski definition) is 3. The Bertz CT molecular complexity index is 371. The number of hydrogen-bond acceptors (Lipinski definition) is 3. The van der Waals surface area contributed by atoms with Crippen molar-refractivity contribution in [1.29, 1.82) is 0 Å². The topological polar surface area (TPSA) is 93.5 Å². The van der Waals surface area contributed by atoms with E-state index in [0.29, 0.717) is 25.3 Å². The Balaban J connectivity index is -0.00000220. The van der Waals surface area contributed by atoms with E-state index in [2.05, 4.69) is 31.2 Å². The van der Waals surface area contributed by atoms with Gasteiger partial charge in [0, 0.05) is 0 Å². The fourth-order valence-electron chi connectivity index (χ4n) is 2.39. The molecule has 0 aromatic heterocycles. The van der Waals surface area contributed by atoms with E-state index < -0.39 is 5.54 Å². The summed E-state index contributed by atoms with van der Waals surface area (Å²) in [5.41, 5.74) is 10.4. The zero-order valence-corrected chi connectivity index (χ0v) is 17.6. The van der Waals surface area contributed by atoms with Gasteiger partial charge in [-0.3, -0.25) is 9.79 Å². The van der Waals surface area contributed by atoms with Crippen molar-refractivity contribution in [2.45, 2.75) is 52.5 Å². The van der Waals surface area contributed by atoms with Crippen LogP contribution in [0.2, 0.25) is 0 Å². The number of carbonyl (C=O) groups excluding carboxylic acids is 1. The second-order valence-electron chi connectivity index (χ2n) is 6.50. The first-order valence-electron chi connectivity index (χ1n) is 8.37. The van der Waals surface area contributed by atoms with Crippen molar-refractivity contribution >= 4 is 36.6 Å². The molecule has 1 amide bonds. The van der Waals surface area contributed by atoms with Crippen molar-refractivity contribution < 1.29 is 9.28 Å². The molecule has 0 aliphatic carbocycles. The van der Waals surface area contributed by atoms with Crippen LogP contribution in [0.25, 0.3) is 0 Å². The fourth-order valence-corrected chi connectivity index (χ4v) is 2.39. The molecule has 5 N–H and O–H groups in total. The molecule has 0 aliphatic rings. The number of quaternary nitrogens is 1. The lowest BCUT2D eigenvalue weighted by atomic mass is 9.94. The van der Waals surface area contributed by atoms with Gasteiger partial charge in [0.25, 0.3) is 0 Å². The number of nitrogens with zero attached hydrogens (tertiary/aromatic N) is 2. The SMILES string of the molecule is CC[N+](C)(CC)CCNC(=O)C(C)(CCCCN)N=C(C)N.Cl.Cl. The number of amidine groups is 1. The summed E-state index contributed by atoms with van der Waals surface area (Å²) in [5, 5.41) is 3.03. The molecule has 0 radical (unpaired) electrons. The van der Waals surface area contributed by atoms with Crippen molar-refractivity contribution in [2.75, 3.05) is 39.8 Å². The van der Waals surface area contributed by atoms with Gasteiger partial charge in [0.2, 0.25) is 5.91 Å². The van der Waals surface area contributed by atoms with Gasteiger partial charge in [-0.05, 0) is 53.5 Å². The first-order valence-corrected chi connectivity index (χ1v) is 8.37. The molecule has 146 valence electrons. The average molecular weight is 387 g/mol. The van der Waals surface area contributed by atoms with Gasteiger partial charge < -0.3 is 21.3 Å².